The summed E-state index contributed by atoms with van der Waals surface area (Å²) in [4.78, 5) is 15.4. The Kier molecular flexibility index (Phi) is 8.02. The summed E-state index contributed by atoms with van der Waals surface area (Å²) < 4.78 is 35.0. The van der Waals surface area contributed by atoms with Gasteiger partial charge in [-0.3, -0.25) is 4.79 Å². The number of thiophene rings is 1. The highest BCUT2D eigenvalue weighted by Gasteiger charge is 2.31. The summed E-state index contributed by atoms with van der Waals surface area (Å²) in [7, 11) is -3.50. The first kappa shape index (κ1) is 24.4. The maximum atomic E-state index is 13.4. The number of anilines is 1. The number of piperazine rings is 1. The predicted molar refractivity (Wildman–Crippen MR) is 135 cm³/mol. The van der Waals surface area contributed by atoms with E-state index in [4.69, 9.17) is 4.74 Å². The molecule has 0 bridgehead atoms. The van der Waals surface area contributed by atoms with Gasteiger partial charge in [-0.1, -0.05) is 50.5 Å². The van der Waals surface area contributed by atoms with E-state index in [0.29, 0.717) is 48.4 Å². The zero-order valence-electron chi connectivity index (χ0n) is 19.3. The topological polar surface area (TPSA) is 84.7 Å². The molecule has 0 amide bonds. The summed E-state index contributed by atoms with van der Waals surface area (Å²) in [6.07, 6.45) is 5.82. The summed E-state index contributed by atoms with van der Waals surface area (Å²) in [5, 5.41) is 6.17. The zero-order valence-corrected chi connectivity index (χ0v) is 20.9. The number of unbranched alkanes of at least 4 members (excludes halogenated alkanes) is 3. The van der Waals surface area contributed by atoms with E-state index in [1.165, 1.54) is 20.3 Å². The number of rotatable bonds is 10. The second kappa shape index (κ2) is 11.2. The molecule has 0 unspecified atom stereocenters. The molecule has 3 heterocycles. The summed E-state index contributed by atoms with van der Waals surface area (Å²) in [5.41, 5.74) is 0.968. The minimum atomic E-state index is -3.50. The SMILES string of the molecule is CCCCCCOc1c(N2CCN(S(=O)(=O)c3cccs3)CC2)cnn(-c2ccccc2)c1=O. The fourth-order valence-electron chi connectivity index (χ4n) is 3.95. The van der Waals surface area contributed by atoms with E-state index in [1.807, 2.05) is 35.2 Å². The number of nitrogens with zero attached hydrogens (tertiary/aromatic N) is 4. The molecule has 1 fully saturated rings. The van der Waals surface area contributed by atoms with Crippen molar-refractivity contribution >= 4 is 27.0 Å². The lowest BCUT2D eigenvalue weighted by molar-refractivity contribution is 0.297. The van der Waals surface area contributed by atoms with Gasteiger partial charge in [-0.05, 0) is 30.0 Å². The number of sulfonamides is 1. The van der Waals surface area contributed by atoms with Crippen molar-refractivity contribution in [2.45, 2.75) is 36.8 Å². The molecule has 1 aliphatic heterocycles. The van der Waals surface area contributed by atoms with Crippen molar-refractivity contribution in [1.82, 2.24) is 14.1 Å². The monoisotopic (exact) mass is 502 g/mol. The van der Waals surface area contributed by atoms with Crippen molar-refractivity contribution in [3.63, 3.8) is 0 Å². The minimum absolute atomic E-state index is 0.268. The molecule has 0 aliphatic carbocycles. The molecule has 3 aromatic rings. The molecule has 34 heavy (non-hydrogen) atoms. The molecular weight excluding hydrogens is 472 g/mol. The Hall–Kier alpha value is -2.69. The van der Waals surface area contributed by atoms with Gasteiger partial charge in [0.25, 0.3) is 10.0 Å². The van der Waals surface area contributed by atoms with Crippen LogP contribution in [-0.2, 0) is 10.0 Å². The van der Waals surface area contributed by atoms with Crippen LogP contribution in [0.3, 0.4) is 0 Å². The van der Waals surface area contributed by atoms with E-state index < -0.39 is 10.0 Å². The summed E-state index contributed by atoms with van der Waals surface area (Å²) in [6, 6.07) is 12.6. The molecule has 0 spiro atoms. The Labute approximate surface area is 204 Å². The number of ether oxygens (including phenoxy) is 1. The molecule has 0 saturated carbocycles. The maximum Gasteiger partial charge on any atom is 0.316 e. The van der Waals surface area contributed by atoms with Crippen molar-refractivity contribution in [2.24, 2.45) is 0 Å². The molecule has 1 saturated heterocycles. The van der Waals surface area contributed by atoms with Gasteiger partial charge in [-0.25, -0.2) is 8.42 Å². The Bertz CT molecular complexity index is 1220. The van der Waals surface area contributed by atoms with Crippen LogP contribution in [0.5, 0.6) is 5.75 Å². The van der Waals surface area contributed by atoms with Crippen LogP contribution in [0.25, 0.3) is 5.69 Å². The van der Waals surface area contributed by atoms with Crippen LogP contribution in [0.1, 0.15) is 32.6 Å². The van der Waals surface area contributed by atoms with Gasteiger partial charge in [0, 0.05) is 26.2 Å². The van der Waals surface area contributed by atoms with Gasteiger partial charge in [-0.2, -0.15) is 14.1 Å². The zero-order chi connectivity index (χ0) is 24.0. The highest BCUT2D eigenvalue weighted by molar-refractivity contribution is 7.91. The fourth-order valence-corrected chi connectivity index (χ4v) is 6.52. The van der Waals surface area contributed by atoms with Gasteiger partial charge in [0.2, 0.25) is 5.75 Å². The van der Waals surface area contributed by atoms with Crippen LogP contribution >= 0.6 is 11.3 Å². The Balaban J connectivity index is 1.56. The van der Waals surface area contributed by atoms with E-state index >= 15 is 0 Å². The number of benzene rings is 1. The summed E-state index contributed by atoms with van der Waals surface area (Å²) >= 11 is 1.22. The van der Waals surface area contributed by atoms with Gasteiger partial charge in [0.15, 0.2) is 0 Å². The van der Waals surface area contributed by atoms with Gasteiger partial charge in [0.05, 0.1) is 18.5 Å². The quantitative estimate of drug-likeness (QED) is 0.393. The van der Waals surface area contributed by atoms with Crippen molar-refractivity contribution < 1.29 is 13.2 Å². The van der Waals surface area contributed by atoms with Crippen LogP contribution in [0.2, 0.25) is 0 Å². The number of aromatic nitrogens is 2. The molecule has 0 radical (unpaired) electrons. The van der Waals surface area contributed by atoms with Gasteiger partial charge in [-0.15, -0.1) is 11.3 Å². The van der Waals surface area contributed by atoms with E-state index in [9.17, 15) is 13.2 Å². The van der Waals surface area contributed by atoms with E-state index in [1.54, 1.807) is 23.7 Å². The Morgan fingerprint density at radius 3 is 2.44 bits per heavy atom. The van der Waals surface area contributed by atoms with Crippen molar-refractivity contribution in [3.8, 4) is 11.4 Å². The van der Waals surface area contributed by atoms with Crippen LogP contribution in [0.4, 0.5) is 5.69 Å². The molecule has 1 aliphatic rings. The number of hydrogen-bond donors (Lipinski definition) is 0. The van der Waals surface area contributed by atoms with Crippen molar-refractivity contribution in [2.75, 3.05) is 37.7 Å². The normalized spacial score (nSPS) is 14.9. The average molecular weight is 503 g/mol. The standard InChI is InChI=1S/C24H30N4O4S2/c1-2-3-4-8-17-32-23-21(19-25-28(24(23)29)20-10-6-5-7-11-20)26-13-15-27(16-14-26)34(30,31)22-12-9-18-33-22/h5-7,9-12,18-19H,2-4,8,13-17H2,1H3. The van der Waals surface area contributed by atoms with Gasteiger partial charge < -0.3 is 9.64 Å². The predicted octanol–water partition coefficient (Wildman–Crippen LogP) is 3.76. The first-order chi connectivity index (χ1) is 16.5. The van der Waals surface area contributed by atoms with Crippen LogP contribution < -0.4 is 15.2 Å². The first-order valence-corrected chi connectivity index (χ1v) is 13.9. The lowest BCUT2D eigenvalue weighted by Gasteiger charge is -2.35. The molecule has 182 valence electrons. The number of hydrogen-bond acceptors (Lipinski definition) is 7. The minimum Gasteiger partial charge on any atom is -0.486 e. The van der Waals surface area contributed by atoms with E-state index in [2.05, 4.69) is 12.0 Å². The smallest absolute Gasteiger partial charge is 0.316 e. The molecular formula is C24H30N4O4S2. The lowest BCUT2D eigenvalue weighted by Crippen LogP contribution is -2.49. The fraction of sp³-hybridized carbons (Fsp3) is 0.417. The molecule has 1 aromatic carbocycles. The van der Waals surface area contributed by atoms with Crippen molar-refractivity contribution in [3.05, 3.63) is 64.4 Å². The van der Waals surface area contributed by atoms with Crippen LogP contribution in [0.15, 0.2) is 63.0 Å². The second-order valence-electron chi connectivity index (χ2n) is 8.14. The van der Waals surface area contributed by atoms with E-state index in [-0.39, 0.29) is 11.3 Å². The van der Waals surface area contributed by atoms with Gasteiger partial charge >= 0.3 is 5.56 Å². The molecule has 0 atom stereocenters. The Morgan fingerprint density at radius 2 is 1.76 bits per heavy atom. The third-order valence-corrected chi connectivity index (χ3v) is 9.10. The van der Waals surface area contributed by atoms with Crippen molar-refractivity contribution in [1.29, 1.82) is 0 Å². The maximum absolute atomic E-state index is 13.4. The molecule has 0 N–H and O–H groups in total. The van der Waals surface area contributed by atoms with Crippen LogP contribution in [-0.4, -0.2) is 55.3 Å². The van der Waals surface area contributed by atoms with Crippen LogP contribution in [0, 0.1) is 0 Å². The summed E-state index contributed by atoms with van der Waals surface area (Å²) in [6.45, 7) is 4.17. The molecule has 2 aromatic heterocycles. The third-order valence-electron chi connectivity index (χ3n) is 5.83. The first-order valence-electron chi connectivity index (χ1n) is 11.6. The molecule has 8 nitrogen and oxygen atoms in total. The molecule has 10 heteroatoms. The lowest BCUT2D eigenvalue weighted by atomic mass is 10.2. The summed E-state index contributed by atoms with van der Waals surface area (Å²) in [5.74, 6) is 0.268. The Morgan fingerprint density at radius 1 is 1.00 bits per heavy atom. The number of para-hydroxylation sites is 1. The molecule has 4 rings (SSSR count). The second-order valence-corrected chi connectivity index (χ2v) is 11.3. The van der Waals surface area contributed by atoms with E-state index in [0.717, 1.165) is 25.7 Å². The largest absolute Gasteiger partial charge is 0.486 e. The third kappa shape index (κ3) is 5.34. The van der Waals surface area contributed by atoms with Gasteiger partial charge in [0.1, 0.15) is 9.90 Å². The highest BCUT2D eigenvalue weighted by atomic mass is 32.2. The average Bonchev–Trinajstić information content (AvgIpc) is 3.41. The highest BCUT2D eigenvalue weighted by Crippen LogP contribution is 2.28.